The predicted octanol–water partition coefficient (Wildman–Crippen LogP) is 5.89. The number of fused-ring (bicyclic) bond motifs is 5. The Morgan fingerprint density at radius 1 is 1.15 bits per heavy atom. The van der Waals surface area contributed by atoms with Crippen molar-refractivity contribution in [1.82, 2.24) is 0 Å². The van der Waals surface area contributed by atoms with Crippen molar-refractivity contribution in [3.05, 3.63) is 46.0 Å². The molecule has 2 unspecified atom stereocenters. The molecule has 7 atom stereocenters. The Morgan fingerprint density at radius 2 is 1.97 bits per heavy atom. The molecule has 1 aromatic rings. The maximum atomic E-state index is 12.3. The van der Waals surface area contributed by atoms with Crippen LogP contribution in [0.2, 0.25) is 0 Å². The highest BCUT2D eigenvalue weighted by Crippen LogP contribution is 2.70. The molecule has 0 saturated heterocycles. The minimum atomic E-state index is -0.704. The van der Waals surface area contributed by atoms with E-state index in [4.69, 9.17) is 9.15 Å². The van der Waals surface area contributed by atoms with E-state index in [9.17, 15) is 14.7 Å². The summed E-state index contributed by atoms with van der Waals surface area (Å²) in [5.74, 6) is 0.826. The Kier molecular flexibility index (Phi) is 6.37. The van der Waals surface area contributed by atoms with Crippen molar-refractivity contribution in [3.8, 4) is 0 Å². The molecule has 3 fully saturated rings. The van der Waals surface area contributed by atoms with Crippen LogP contribution in [0.4, 0.5) is 0 Å². The SMILES string of the molecule is C[C@]12CC[C@H](OC(=O)CCCBr)C=C1CCC1C2CC[C@]2(C)[C@@H](c3ccc(=O)oc3)CC[C@]12O. The highest BCUT2D eigenvalue weighted by Gasteiger charge is 2.66. The van der Waals surface area contributed by atoms with Gasteiger partial charge in [0.05, 0.1) is 11.9 Å². The number of carbonyl (C=O) groups excluding carboxylic acids is 1. The fourth-order valence-electron chi connectivity index (χ4n) is 8.30. The summed E-state index contributed by atoms with van der Waals surface area (Å²) in [6.07, 6.45) is 12.6. The highest BCUT2D eigenvalue weighted by atomic mass is 79.9. The van der Waals surface area contributed by atoms with Gasteiger partial charge in [-0.15, -0.1) is 0 Å². The molecule has 1 heterocycles. The number of ether oxygens (including phenoxy) is 1. The molecule has 0 aromatic carbocycles. The highest BCUT2D eigenvalue weighted by molar-refractivity contribution is 9.09. The van der Waals surface area contributed by atoms with Gasteiger partial charge in [-0.05, 0) is 98.7 Å². The van der Waals surface area contributed by atoms with Crippen LogP contribution in [0.1, 0.15) is 89.5 Å². The fourth-order valence-corrected chi connectivity index (χ4v) is 8.58. The Bertz CT molecular complexity index is 1010. The van der Waals surface area contributed by atoms with E-state index in [1.54, 1.807) is 6.26 Å². The van der Waals surface area contributed by atoms with Crippen molar-refractivity contribution < 1.29 is 19.1 Å². The van der Waals surface area contributed by atoms with E-state index in [-0.39, 0.29) is 40.4 Å². The van der Waals surface area contributed by atoms with Gasteiger partial charge >= 0.3 is 11.6 Å². The zero-order valence-corrected chi connectivity index (χ0v) is 21.9. The summed E-state index contributed by atoms with van der Waals surface area (Å²) >= 11 is 3.38. The van der Waals surface area contributed by atoms with Gasteiger partial charge in [-0.2, -0.15) is 0 Å². The van der Waals surface area contributed by atoms with Gasteiger partial charge in [-0.3, -0.25) is 4.79 Å². The van der Waals surface area contributed by atoms with Gasteiger partial charge in [0.15, 0.2) is 0 Å². The first-order chi connectivity index (χ1) is 16.2. The average molecular weight is 534 g/mol. The summed E-state index contributed by atoms with van der Waals surface area (Å²) in [5.41, 5.74) is 1.30. The summed E-state index contributed by atoms with van der Waals surface area (Å²) in [6.45, 7) is 4.66. The van der Waals surface area contributed by atoms with Crippen LogP contribution in [0.15, 0.2) is 39.3 Å². The molecule has 5 rings (SSSR count). The van der Waals surface area contributed by atoms with Crippen LogP contribution in [-0.4, -0.2) is 28.1 Å². The van der Waals surface area contributed by atoms with E-state index in [0.29, 0.717) is 12.3 Å². The Balaban J connectivity index is 1.37. The van der Waals surface area contributed by atoms with Gasteiger partial charge in [0, 0.05) is 23.2 Å². The van der Waals surface area contributed by atoms with Crippen LogP contribution in [0.5, 0.6) is 0 Å². The lowest BCUT2D eigenvalue weighted by molar-refractivity contribution is -0.178. The second-order valence-electron chi connectivity index (χ2n) is 11.6. The molecule has 4 aliphatic rings. The monoisotopic (exact) mass is 532 g/mol. The smallest absolute Gasteiger partial charge is 0.335 e. The molecule has 0 bridgehead atoms. The standard InChI is InChI=1S/C28H37BrO5/c1-26-12-9-20(34-25(31)4-3-15-29)16-19(26)6-7-23-22(26)10-13-27(2)21(11-14-28(23,27)32)18-5-8-24(30)33-17-18/h5,8,16-17,20-23,32H,3-4,6-7,9-15H2,1-2H3/t20-,21+,22?,23?,26-,27+,28-/m0/s1. The number of allylic oxidation sites excluding steroid dienone is 1. The number of esters is 1. The number of hydrogen-bond donors (Lipinski definition) is 1. The van der Waals surface area contributed by atoms with Crippen LogP contribution in [0, 0.1) is 22.7 Å². The molecule has 0 aliphatic heterocycles. The summed E-state index contributed by atoms with van der Waals surface area (Å²) in [7, 11) is 0. The number of rotatable bonds is 5. The van der Waals surface area contributed by atoms with Crippen LogP contribution >= 0.6 is 15.9 Å². The third-order valence-electron chi connectivity index (χ3n) is 10.2. The summed E-state index contributed by atoms with van der Waals surface area (Å²) < 4.78 is 11.0. The largest absolute Gasteiger partial charge is 0.458 e. The van der Waals surface area contributed by atoms with Crippen molar-refractivity contribution >= 4 is 21.9 Å². The molecule has 1 aromatic heterocycles. The molecule has 1 N–H and O–H groups in total. The summed E-state index contributed by atoms with van der Waals surface area (Å²) in [5, 5.41) is 13.1. The Hall–Kier alpha value is -1.40. The van der Waals surface area contributed by atoms with Crippen LogP contribution in [-0.2, 0) is 9.53 Å². The molecule has 0 spiro atoms. The molecular formula is C28H37BrO5. The molecule has 186 valence electrons. The predicted molar refractivity (Wildman–Crippen MR) is 134 cm³/mol. The van der Waals surface area contributed by atoms with Gasteiger partial charge in [0.1, 0.15) is 6.10 Å². The number of halogens is 1. The lowest BCUT2D eigenvalue weighted by Crippen LogP contribution is -2.60. The first kappa shape index (κ1) is 24.3. The third kappa shape index (κ3) is 3.75. The maximum absolute atomic E-state index is 12.3. The lowest BCUT2D eigenvalue weighted by Gasteiger charge is -2.61. The average Bonchev–Trinajstić information content (AvgIpc) is 3.10. The molecule has 4 aliphatic carbocycles. The Morgan fingerprint density at radius 3 is 2.71 bits per heavy atom. The van der Waals surface area contributed by atoms with Crippen molar-refractivity contribution in [1.29, 1.82) is 0 Å². The van der Waals surface area contributed by atoms with E-state index >= 15 is 0 Å². The molecule has 5 nitrogen and oxygen atoms in total. The molecule has 0 radical (unpaired) electrons. The topological polar surface area (TPSA) is 76.7 Å². The minimum absolute atomic E-state index is 0.0658. The first-order valence-electron chi connectivity index (χ1n) is 13.0. The molecular weight excluding hydrogens is 496 g/mol. The third-order valence-corrected chi connectivity index (χ3v) is 10.7. The van der Waals surface area contributed by atoms with Gasteiger partial charge in [-0.25, -0.2) is 4.79 Å². The van der Waals surface area contributed by atoms with Gasteiger partial charge in [-0.1, -0.05) is 35.4 Å². The van der Waals surface area contributed by atoms with Crippen LogP contribution < -0.4 is 5.63 Å². The van der Waals surface area contributed by atoms with E-state index < -0.39 is 5.60 Å². The van der Waals surface area contributed by atoms with Crippen LogP contribution in [0.3, 0.4) is 0 Å². The van der Waals surface area contributed by atoms with E-state index in [0.717, 1.165) is 68.7 Å². The molecule has 0 amide bonds. The van der Waals surface area contributed by atoms with E-state index in [2.05, 4.69) is 35.9 Å². The van der Waals surface area contributed by atoms with Crippen molar-refractivity contribution in [2.45, 2.75) is 95.7 Å². The number of carbonyl (C=O) groups is 1. The van der Waals surface area contributed by atoms with Gasteiger partial charge < -0.3 is 14.3 Å². The van der Waals surface area contributed by atoms with E-state index in [1.807, 2.05) is 6.07 Å². The van der Waals surface area contributed by atoms with Crippen molar-refractivity contribution in [3.63, 3.8) is 0 Å². The van der Waals surface area contributed by atoms with Gasteiger partial charge in [0.2, 0.25) is 0 Å². The summed E-state index contributed by atoms with van der Waals surface area (Å²) in [6, 6.07) is 3.40. The Labute approximate surface area is 210 Å². The zero-order valence-electron chi connectivity index (χ0n) is 20.4. The van der Waals surface area contributed by atoms with E-state index in [1.165, 1.54) is 11.6 Å². The quantitative estimate of drug-likeness (QED) is 0.290. The lowest BCUT2D eigenvalue weighted by atomic mass is 9.45. The number of alkyl halides is 1. The number of aliphatic hydroxyl groups is 1. The maximum Gasteiger partial charge on any atom is 0.335 e. The summed E-state index contributed by atoms with van der Waals surface area (Å²) in [4.78, 5) is 23.7. The fraction of sp³-hybridized carbons (Fsp3) is 0.714. The number of hydrogen-bond acceptors (Lipinski definition) is 5. The molecule has 3 saturated carbocycles. The minimum Gasteiger partial charge on any atom is -0.458 e. The molecule has 6 heteroatoms. The zero-order chi connectivity index (χ0) is 24.1. The second-order valence-corrected chi connectivity index (χ2v) is 12.4. The second kappa shape index (κ2) is 8.92. The van der Waals surface area contributed by atoms with Crippen molar-refractivity contribution in [2.75, 3.05) is 5.33 Å². The molecule has 34 heavy (non-hydrogen) atoms. The first-order valence-corrected chi connectivity index (χ1v) is 14.1. The van der Waals surface area contributed by atoms with Crippen molar-refractivity contribution in [2.24, 2.45) is 22.7 Å². The normalized spacial score (nSPS) is 41.1. The van der Waals surface area contributed by atoms with Gasteiger partial charge in [0.25, 0.3) is 0 Å². The van der Waals surface area contributed by atoms with Crippen LogP contribution in [0.25, 0.3) is 0 Å².